The van der Waals surface area contributed by atoms with Gasteiger partial charge in [-0.25, -0.2) is 4.79 Å². The molecule has 1 aliphatic heterocycles. The van der Waals surface area contributed by atoms with E-state index in [0.29, 0.717) is 29.5 Å². The smallest absolute Gasteiger partial charge is 0.325 e. The van der Waals surface area contributed by atoms with Crippen LogP contribution in [0.5, 0.6) is 5.75 Å². The number of ether oxygens (including phenoxy) is 1. The lowest BCUT2D eigenvalue weighted by atomic mass is 9.65. The van der Waals surface area contributed by atoms with Crippen LogP contribution in [0.3, 0.4) is 0 Å². The van der Waals surface area contributed by atoms with Gasteiger partial charge < -0.3 is 15.4 Å². The Hall–Kier alpha value is -2.28. The maximum Gasteiger partial charge on any atom is 0.325 e. The minimum Gasteiger partial charge on any atom is -0.492 e. The number of carbonyl (C=O) groups excluding carboxylic acids is 3. The Bertz CT molecular complexity index is 817. The van der Waals surface area contributed by atoms with Gasteiger partial charge in [-0.2, -0.15) is 0 Å². The van der Waals surface area contributed by atoms with Crippen molar-refractivity contribution in [2.45, 2.75) is 58.4 Å². The highest BCUT2D eigenvalue weighted by atomic mass is 35.5. The maximum atomic E-state index is 13.0. The summed E-state index contributed by atoms with van der Waals surface area (Å²) >= 11 is 5.83. The lowest BCUT2D eigenvalue weighted by molar-refractivity contribution is -0.136. The third kappa shape index (κ3) is 5.32. The molecule has 0 bridgehead atoms. The summed E-state index contributed by atoms with van der Waals surface area (Å²) in [6.45, 7) is 6.97. The van der Waals surface area contributed by atoms with E-state index in [1.54, 1.807) is 24.3 Å². The predicted octanol–water partition coefficient (Wildman–Crippen LogP) is 3.75. The number of hydrogen-bond donors (Lipinski definition) is 2. The highest BCUT2D eigenvalue weighted by molar-refractivity contribution is 6.30. The number of rotatable bonds is 8. The van der Waals surface area contributed by atoms with Crippen LogP contribution in [0.1, 0.15) is 52.9 Å². The monoisotopic (exact) mass is 449 g/mol. The van der Waals surface area contributed by atoms with E-state index >= 15 is 0 Å². The quantitative estimate of drug-likeness (QED) is 0.467. The van der Waals surface area contributed by atoms with E-state index in [4.69, 9.17) is 16.3 Å². The molecule has 0 atom stereocenters. The van der Waals surface area contributed by atoms with Crippen LogP contribution in [0.2, 0.25) is 5.02 Å². The van der Waals surface area contributed by atoms with Gasteiger partial charge in [0.25, 0.3) is 5.91 Å². The normalized spacial score (nSPS) is 23.7. The number of urea groups is 1. The number of imide groups is 1. The van der Waals surface area contributed by atoms with Crippen LogP contribution < -0.4 is 15.4 Å². The van der Waals surface area contributed by atoms with E-state index in [1.165, 1.54) is 0 Å². The van der Waals surface area contributed by atoms with Crippen molar-refractivity contribution >= 4 is 29.4 Å². The minimum atomic E-state index is -0.852. The third-order valence-electron chi connectivity index (χ3n) is 6.91. The summed E-state index contributed by atoms with van der Waals surface area (Å²) in [6, 6.07) is 6.45. The van der Waals surface area contributed by atoms with Gasteiger partial charge in [0.15, 0.2) is 0 Å². The van der Waals surface area contributed by atoms with Gasteiger partial charge in [0.05, 0.1) is 6.54 Å². The third-order valence-corrected chi connectivity index (χ3v) is 7.16. The average Bonchev–Trinajstić information content (AvgIpc) is 2.97. The molecular weight excluding hydrogens is 418 g/mol. The minimum absolute atomic E-state index is 0.223. The van der Waals surface area contributed by atoms with Crippen molar-refractivity contribution in [3.63, 3.8) is 0 Å². The van der Waals surface area contributed by atoms with Crippen molar-refractivity contribution in [1.29, 1.82) is 0 Å². The van der Waals surface area contributed by atoms with Crippen LogP contribution in [0.25, 0.3) is 0 Å². The summed E-state index contributed by atoms with van der Waals surface area (Å²) in [4.78, 5) is 38.8. The van der Waals surface area contributed by atoms with E-state index in [0.717, 1.165) is 24.2 Å². The number of nitrogens with one attached hydrogen (secondary N) is 2. The zero-order valence-electron chi connectivity index (χ0n) is 18.5. The number of hydrogen-bond acceptors (Lipinski definition) is 4. The van der Waals surface area contributed by atoms with Gasteiger partial charge in [-0.1, -0.05) is 38.8 Å². The Kier molecular flexibility index (Phi) is 7.14. The molecule has 1 spiro atoms. The molecule has 1 heterocycles. The average molecular weight is 450 g/mol. The Morgan fingerprint density at radius 1 is 1.26 bits per heavy atom. The highest BCUT2D eigenvalue weighted by Gasteiger charge is 2.53. The predicted molar refractivity (Wildman–Crippen MR) is 119 cm³/mol. The zero-order chi connectivity index (χ0) is 22.6. The number of amides is 4. The van der Waals surface area contributed by atoms with Crippen molar-refractivity contribution in [2.24, 2.45) is 11.3 Å². The summed E-state index contributed by atoms with van der Waals surface area (Å²) in [7, 11) is 0. The number of halogens is 1. The fourth-order valence-electron chi connectivity index (χ4n) is 4.43. The van der Waals surface area contributed by atoms with Crippen molar-refractivity contribution in [3.05, 3.63) is 29.3 Å². The van der Waals surface area contributed by atoms with Crippen LogP contribution in [0, 0.1) is 11.3 Å². The molecule has 1 aromatic rings. The first-order valence-corrected chi connectivity index (χ1v) is 11.3. The first kappa shape index (κ1) is 23.4. The molecule has 4 amide bonds. The highest BCUT2D eigenvalue weighted by Crippen LogP contribution is 2.45. The largest absolute Gasteiger partial charge is 0.492 e. The fraction of sp³-hybridized carbons (Fsp3) is 0.609. The van der Waals surface area contributed by atoms with E-state index < -0.39 is 11.6 Å². The van der Waals surface area contributed by atoms with Gasteiger partial charge in [0.2, 0.25) is 5.91 Å². The van der Waals surface area contributed by atoms with Gasteiger partial charge in [-0.3, -0.25) is 14.5 Å². The van der Waals surface area contributed by atoms with Crippen LogP contribution in [-0.4, -0.2) is 48.0 Å². The summed E-state index contributed by atoms with van der Waals surface area (Å²) in [5.74, 6) is 0.515. The Balaban J connectivity index is 1.46. The molecule has 7 nitrogen and oxygen atoms in total. The molecule has 0 radical (unpaired) electrons. The molecule has 1 saturated carbocycles. The van der Waals surface area contributed by atoms with E-state index in [2.05, 4.69) is 31.4 Å². The second-order valence-electron chi connectivity index (χ2n) is 9.17. The van der Waals surface area contributed by atoms with Crippen molar-refractivity contribution in [1.82, 2.24) is 15.5 Å². The van der Waals surface area contributed by atoms with Gasteiger partial charge in [-0.05, 0) is 61.3 Å². The van der Waals surface area contributed by atoms with Crippen LogP contribution >= 0.6 is 11.6 Å². The lowest BCUT2D eigenvalue weighted by Gasteiger charge is -2.42. The molecule has 3 rings (SSSR count). The van der Waals surface area contributed by atoms with Crippen molar-refractivity contribution in [2.75, 3.05) is 19.7 Å². The lowest BCUT2D eigenvalue weighted by Crippen LogP contribution is -2.51. The molecule has 0 unspecified atom stereocenters. The molecular formula is C23H32ClN3O4. The summed E-state index contributed by atoms with van der Waals surface area (Å²) in [5, 5.41) is 6.19. The van der Waals surface area contributed by atoms with Gasteiger partial charge >= 0.3 is 6.03 Å². The molecule has 0 aromatic heterocycles. The SMILES string of the molecule is CCC(C)(C)C1CCC2(CC1)NC(=O)N(CC(=O)NCCOc1ccc(Cl)cc1)C2=O. The van der Waals surface area contributed by atoms with Crippen LogP contribution in [-0.2, 0) is 9.59 Å². The molecule has 1 saturated heterocycles. The molecule has 1 aromatic carbocycles. The van der Waals surface area contributed by atoms with Gasteiger partial charge in [0.1, 0.15) is 24.4 Å². The number of benzene rings is 1. The second kappa shape index (κ2) is 9.47. The van der Waals surface area contributed by atoms with Crippen molar-refractivity contribution < 1.29 is 19.1 Å². The summed E-state index contributed by atoms with van der Waals surface area (Å²) in [5.41, 5.74) is -0.629. The summed E-state index contributed by atoms with van der Waals surface area (Å²) < 4.78 is 5.53. The zero-order valence-corrected chi connectivity index (χ0v) is 19.3. The molecule has 8 heteroatoms. The fourth-order valence-corrected chi connectivity index (χ4v) is 4.56. The Morgan fingerprint density at radius 3 is 2.52 bits per heavy atom. The Labute approximate surface area is 188 Å². The second-order valence-corrected chi connectivity index (χ2v) is 9.61. The molecule has 2 fully saturated rings. The molecule has 1 aliphatic carbocycles. The topological polar surface area (TPSA) is 87.7 Å². The molecule has 2 N–H and O–H groups in total. The van der Waals surface area contributed by atoms with Crippen LogP contribution in [0.4, 0.5) is 4.79 Å². The van der Waals surface area contributed by atoms with Crippen molar-refractivity contribution in [3.8, 4) is 5.75 Å². The van der Waals surface area contributed by atoms with Crippen LogP contribution in [0.15, 0.2) is 24.3 Å². The first-order valence-electron chi connectivity index (χ1n) is 11.0. The molecule has 2 aliphatic rings. The Morgan fingerprint density at radius 2 is 1.90 bits per heavy atom. The molecule has 31 heavy (non-hydrogen) atoms. The number of carbonyl (C=O) groups is 3. The van der Waals surface area contributed by atoms with Gasteiger partial charge in [0, 0.05) is 5.02 Å². The van der Waals surface area contributed by atoms with Gasteiger partial charge in [-0.15, -0.1) is 0 Å². The van der Waals surface area contributed by atoms with E-state index in [9.17, 15) is 14.4 Å². The molecule has 170 valence electrons. The van der Waals surface area contributed by atoms with E-state index in [-0.39, 0.29) is 36.9 Å². The maximum absolute atomic E-state index is 13.0. The standard InChI is InChI=1S/C23H32ClN3O4/c1-4-22(2,3)16-9-11-23(12-10-16)20(29)27(21(30)26-23)15-19(28)25-13-14-31-18-7-5-17(24)6-8-18/h5-8,16H,4,9-15H2,1-3H3,(H,25,28)(H,26,30). The number of nitrogens with zero attached hydrogens (tertiary/aromatic N) is 1. The first-order chi connectivity index (χ1) is 14.7. The van der Waals surface area contributed by atoms with E-state index in [1.807, 2.05) is 0 Å². The summed E-state index contributed by atoms with van der Waals surface area (Å²) in [6.07, 6.45) is 4.13.